The van der Waals surface area contributed by atoms with Gasteiger partial charge in [-0.15, -0.1) is 5.10 Å². The summed E-state index contributed by atoms with van der Waals surface area (Å²) in [5.41, 5.74) is 4.46. The molecule has 0 saturated carbocycles. The summed E-state index contributed by atoms with van der Waals surface area (Å²) in [6, 6.07) is 15.6. The summed E-state index contributed by atoms with van der Waals surface area (Å²) in [5, 5.41) is 8.66. The first-order valence-electron chi connectivity index (χ1n) is 11.0. The van der Waals surface area contributed by atoms with Gasteiger partial charge in [0.15, 0.2) is 0 Å². The average molecular weight is 465 g/mol. The minimum Gasteiger partial charge on any atom is -0.494 e. The van der Waals surface area contributed by atoms with Crippen LogP contribution in [0.3, 0.4) is 0 Å². The smallest absolute Gasteiger partial charge is 0.338 e. The van der Waals surface area contributed by atoms with Crippen molar-refractivity contribution in [2.75, 3.05) is 18.5 Å². The van der Waals surface area contributed by atoms with Crippen molar-refractivity contribution in [1.82, 2.24) is 14.8 Å². The predicted octanol–water partition coefficient (Wildman–Crippen LogP) is 5.13. The van der Waals surface area contributed by atoms with Gasteiger partial charge in [0.1, 0.15) is 11.8 Å². The lowest BCUT2D eigenvalue weighted by Crippen LogP contribution is -2.30. The summed E-state index contributed by atoms with van der Waals surface area (Å²) in [6.45, 7) is 8.48. The average Bonchev–Trinajstić information content (AvgIpc) is 3.20. The highest BCUT2D eigenvalue weighted by molar-refractivity contribution is 7.98. The number of hydrogen-bond acceptors (Lipinski definition) is 7. The molecule has 0 aliphatic carbocycles. The van der Waals surface area contributed by atoms with Gasteiger partial charge < -0.3 is 14.8 Å². The fraction of sp³-hybridized carbons (Fsp3) is 0.320. The van der Waals surface area contributed by atoms with E-state index in [-0.39, 0.29) is 12.6 Å². The minimum absolute atomic E-state index is 0.289. The normalized spacial score (nSPS) is 15.1. The number of para-hydroxylation sites is 1. The van der Waals surface area contributed by atoms with Crippen molar-refractivity contribution in [1.29, 1.82) is 0 Å². The molecule has 1 aliphatic heterocycles. The molecule has 1 aromatic heterocycles. The molecule has 3 aromatic rings. The second-order valence-corrected chi connectivity index (χ2v) is 8.64. The van der Waals surface area contributed by atoms with E-state index < -0.39 is 6.04 Å². The van der Waals surface area contributed by atoms with Gasteiger partial charge in [0, 0.05) is 17.0 Å². The molecule has 2 aromatic carbocycles. The Bertz CT molecular complexity index is 1190. The first-order chi connectivity index (χ1) is 16.0. The molecule has 0 amide bonds. The second-order valence-electron chi connectivity index (χ2n) is 7.70. The SMILES string of the molecule is CCOC(=O)C1=C(C)Nc2nc(SCc3cccc(C)c3)nn2C1c1ccccc1OCC. The minimum atomic E-state index is -0.510. The Labute approximate surface area is 198 Å². The Kier molecular flexibility index (Phi) is 7.03. The standard InChI is InChI=1S/C25H28N4O3S/c1-5-31-20-13-8-7-12-19(20)22-21(23(30)32-6-2)17(4)26-24-27-25(28-29(22)24)33-15-18-11-9-10-16(3)14-18/h7-14,22H,5-6,15H2,1-4H3,(H,26,27,28). The first kappa shape index (κ1) is 22.9. The number of nitrogens with zero attached hydrogens (tertiary/aromatic N) is 3. The van der Waals surface area contributed by atoms with Crippen molar-refractivity contribution in [3.8, 4) is 5.75 Å². The van der Waals surface area contributed by atoms with Crippen LogP contribution in [0.15, 0.2) is 65.0 Å². The molecule has 1 aliphatic rings. The molecule has 0 saturated heterocycles. The van der Waals surface area contributed by atoms with Crippen LogP contribution < -0.4 is 10.1 Å². The van der Waals surface area contributed by atoms with Gasteiger partial charge in [0.25, 0.3) is 0 Å². The molecule has 172 valence electrons. The maximum absolute atomic E-state index is 13.0. The number of esters is 1. The van der Waals surface area contributed by atoms with Gasteiger partial charge in [-0.2, -0.15) is 4.98 Å². The number of fused-ring (bicyclic) bond motifs is 1. The highest BCUT2D eigenvalue weighted by atomic mass is 32.2. The number of benzene rings is 2. The summed E-state index contributed by atoms with van der Waals surface area (Å²) < 4.78 is 13.0. The van der Waals surface area contributed by atoms with Gasteiger partial charge in [0.05, 0.1) is 18.8 Å². The van der Waals surface area contributed by atoms with E-state index >= 15 is 0 Å². The maximum Gasteiger partial charge on any atom is 0.338 e. The molecule has 0 spiro atoms. The number of allylic oxidation sites excluding steroid dienone is 1. The molecule has 0 fully saturated rings. The Morgan fingerprint density at radius 1 is 1.12 bits per heavy atom. The number of nitrogens with one attached hydrogen (secondary N) is 1. The number of carbonyl (C=O) groups excluding carboxylic acids is 1. The van der Waals surface area contributed by atoms with Gasteiger partial charge >= 0.3 is 5.97 Å². The van der Waals surface area contributed by atoms with Crippen molar-refractivity contribution in [2.24, 2.45) is 0 Å². The molecule has 8 heteroatoms. The van der Waals surface area contributed by atoms with Gasteiger partial charge in [-0.25, -0.2) is 9.48 Å². The third-order valence-corrected chi connectivity index (χ3v) is 6.20. The molecule has 2 heterocycles. The Hall–Kier alpha value is -3.26. The van der Waals surface area contributed by atoms with E-state index in [0.29, 0.717) is 34.7 Å². The number of anilines is 1. The highest BCUT2D eigenvalue weighted by Crippen LogP contribution is 2.40. The number of aryl methyl sites for hydroxylation is 1. The van der Waals surface area contributed by atoms with Crippen LogP contribution in [-0.2, 0) is 15.3 Å². The molecular formula is C25H28N4O3S. The topological polar surface area (TPSA) is 78.3 Å². The number of rotatable bonds is 8. The largest absolute Gasteiger partial charge is 0.494 e. The van der Waals surface area contributed by atoms with Crippen molar-refractivity contribution in [2.45, 2.75) is 44.6 Å². The van der Waals surface area contributed by atoms with Crippen LogP contribution >= 0.6 is 11.8 Å². The predicted molar refractivity (Wildman–Crippen MR) is 129 cm³/mol. The summed E-state index contributed by atoms with van der Waals surface area (Å²) in [7, 11) is 0. The summed E-state index contributed by atoms with van der Waals surface area (Å²) >= 11 is 1.56. The highest BCUT2D eigenvalue weighted by Gasteiger charge is 2.36. The molecule has 0 radical (unpaired) electrons. The number of carbonyl (C=O) groups is 1. The van der Waals surface area contributed by atoms with E-state index in [1.54, 1.807) is 23.4 Å². The Balaban J connectivity index is 1.73. The number of ether oxygens (including phenoxy) is 2. The van der Waals surface area contributed by atoms with Gasteiger partial charge in [-0.05, 0) is 39.3 Å². The van der Waals surface area contributed by atoms with E-state index in [4.69, 9.17) is 19.6 Å². The number of thioether (sulfide) groups is 1. The zero-order chi connectivity index (χ0) is 23.4. The lowest BCUT2D eigenvalue weighted by Gasteiger charge is -2.29. The van der Waals surface area contributed by atoms with E-state index in [1.165, 1.54) is 11.1 Å². The molecule has 1 unspecified atom stereocenters. The summed E-state index contributed by atoms with van der Waals surface area (Å²) in [4.78, 5) is 17.7. The van der Waals surface area contributed by atoms with E-state index in [0.717, 1.165) is 11.3 Å². The van der Waals surface area contributed by atoms with E-state index in [1.807, 2.05) is 38.1 Å². The summed E-state index contributed by atoms with van der Waals surface area (Å²) in [5.74, 6) is 1.66. The zero-order valence-corrected chi connectivity index (χ0v) is 20.1. The third kappa shape index (κ3) is 4.90. The van der Waals surface area contributed by atoms with Crippen molar-refractivity contribution >= 4 is 23.7 Å². The van der Waals surface area contributed by atoms with Crippen molar-refractivity contribution in [3.05, 3.63) is 76.5 Å². The van der Waals surface area contributed by atoms with E-state index in [9.17, 15) is 4.79 Å². The maximum atomic E-state index is 13.0. The zero-order valence-electron chi connectivity index (χ0n) is 19.3. The fourth-order valence-corrected chi connectivity index (χ4v) is 4.67. The van der Waals surface area contributed by atoms with Crippen LogP contribution in [0.2, 0.25) is 0 Å². The quantitative estimate of drug-likeness (QED) is 0.366. The van der Waals surface area contributed by atoms with Gasteiger partial charge in [0.2, 0.25) is 11.1 Å². The Morgan fingerprint density at radius 3 is 2.70 bits per heavy atom. The van der Waals surface area contributed by atoms with Crippen molar-refractivity contribution in [3.63, 3.8) is 0 Å². The molecule has 1 atom stereocenters. The molecule has 7 nitrogen and oxygen atoms in total. The molecular weight excluding hydrogens is 436 g/mol. The molecule has 1 N–H and O–H groups in total. The van der Waals surface area contributed by atoms with Gasteiger partial charge in [-0.3, -0.25) is 0 Å². The monoisotopic (exact) mass is 464 g/mol. The van der Waals surface area contributed by atoms with Crippen LogP contribution in [0.4, 0.5) is 5.95 Å². The lowest BCUT2D eigenvalue weighted by atomic mass is 9.95. The van der Waals surface area contributed by atoms with Crippen LogP contribution in [-0.4, -0.2) is 33.9 Å². The molecule has 0 bridgehead atoms. The number of hydrogen-bond donors (Lipinski definition) is 1. The van der Waals surface area contributed by atoms with Crippen LogP contribution in [0, 0.1) is 6.92 Å². The van der Waals surface area contributed by atoms with Crippen LogP contribution in [0.5, 0.6) is 5.75 Å². The lowest BCUT2D eigenvalue weighted by molar-refractivity contribution is -0.139. The molecule has 4 rings (SSSR count). The fourth-order valence-electron chi connectivity index (χ4n) is 3.90. The van der Waals surface area contributed by atoms with Crippen molar-refractivity contribution < 1.29 is 14.3 Å². The number of aromatic nitrogens is 3. The Morgan fingerprint density at radius 2 is 1.94 bits per heavy atom. The van der Waals surface area contributed by atoms with Crippen LogP contribution in [0.25, 0.3) is 0 Å². The van der Waals surface area contributed by atoms with Crippen LogP contribution in [0.1, 0.15) is 43.5 Å². The second kappa shape index (κ2) is 10.1. The first-order valence-corrected chi connectivity index (χ1v) is 12.0. The summed E-state index contributed by atoms with van der Waals surface area (Å²) in [6.07, 6.45) is 0. The van der Waals surface area contributed by atoms with Gasteiger partial charge in [-0.1, -0.05) is 59.8 Å². The third-order valence-electron chi connectivity index (χ3n) is 5.29. The van der Waals surface area contributed by atoms with E-state index in [2.05, 4.69) is 36.5 Å². The molecule has 33 heavy (non-hydrogen) atoms.